The van der Waals surface area contributed by atoms with Crippen molar-refractivity contribution < 1.29 is 24.0 Å². The van der Waals surface area contributed by atoms with E-state index in [0.717, 1.165) is 6.42 Å². The fraction of sp³-hybridized carbons (Fsp3) is 0.438. The lowest BCUT2D eigenvalue weighted by molar-refractivity contribution is -0.182. The molecule has 1 aromatic rings. The molecule has 0 aromatic heterocycles. The van der Waals surface area contributed by atoms with Gasteiger partial charge in [0.2, 0.25) is 0 Å². The van der Waals surface area contributed by atoms with E-state index in [1.807, 2.05) is 6.92 Å². The van der Waals surface area contributed by atoms with Crippen LogP contribution in [0.25, 0.3) is 0 Å². The number of hydroxylamine groups is 2. The van der Waals surface area contributed by atoms with Crippen LogP contribution < -0.4 is 0 Å². The Morgan fingerprint density at radius 1 is 1.27 bits per heavy atom. The molecule has 2 amide bonds. The Balaban J connectivity index is 1.75. The Bertz CT molecular complexity index is 592. The first kappa shape index (κ1) is 14.7. The second-order valence-electron chi connectivity index (χ2n) is 5.43. The van der Waals surface area contributed by atoms with Crippen LogP contribution in [0.1, 0.15) is 46.9 Å². The molecule has 6 nitrogen and oxygen atoms in total. The van der Waals surface area contributed by atoms with E-state index in [0.29, 0.717) is 24.5 Å². The topological polar surface area (TPSA) is 72.9 Å². The SMILES string of the molecule is CCC1OCCCC1C(=O)ON1C(=O)c2ccccc2C1=O. The zero-order valence-electron chi connectivity index (χ0n) is 12.3. The van der Waals surface area contributed by atoms with Crippen LogP contribution in [-0.4, -0.2) is 35.6 Å². The summed E-state index contributed by atoms with van der Waals surface area (Å²) < 4.78 is 5.55. The summed E-state index contributed by atoms with van der Waals surface area (Å²) >= 11 is 0. The maximum absolute atomic E-state index is 12.3. The van der Waals surface area contributed by atoms with Gasteiger partial charge < -0.3 is 9.57 Å². The molecule has 0 bridgehead atoms. The number of amides is 2. The van der Waals surface area contributed by atoms with Crippen molar-refractivity contribution in [2.75, 3.05) is 6.61 Å². The van der Waals surface area contributed by atoms with E-state index < -0.39 is 23.7 Å². The number of rotatable bonds is 3. The van der Waals surface area contributed by atoms with Gasteiger partial charge in [0, 0.05) is 6.61 Å². The zero-order chi connectivity index (χ0) is 15.7. The van der Waals surface area contributed by atoms with E-state index in [1.165, 1.54) is 0 Å². The van der Waals surface area contributed by atoms with Gasteiger partial charge in [-0.1, -0.05) is 24.1 Å². The summed E-state index contributed by atoms with van der Waals surface area (Å²) in [7, 11) is 0. The molecule has 116 valence electrons. The molecule has 0 N–H and O–H groups in total. The minimum atomic E-state index is -0.598. The van der Waals surface area contributed by atoms with Crippen molar-refractivity contribution in [1.82, 2.24) is 5.06 Å². The average molecular weight is 303 g/mol. The molecule has 2 heterocycles. The highest BCUT2D eigenvalue weighted by atomic mass is 16.7. The largest absolute Gasteiger partial charge is 0.377 e. The van der Waals surface area contributed by atoms with Gasteiger partial charge in [-0.15, -0.1) is 0 Å². The molecule has 1 aromatic carbocycles. The average Bonchev–Trinajstić information content (AvgIpc) is 2.80. The van der Waals surface area contributed by atoms with Crippen molar-refractivity contribution in [2.24, 2.45) is 5.92 Å². The van der Waals surface area contributed by atoms with Crippen molar-refractivity contribution in [2.45, 2.75) is 32.3 Å². The Morgan fingerprint density at radius 2 is 1.91 bits per heavy atom. The molecular weight excluding hydrogens is 286 g/mol. The smallest absolute Gasteiger partial charge is 0.338 e. The Kier molecular flexibility index (Phi) is 3.94. The molecule has 1 fully saturated rings. The molecule has 2 aliphatic rings. The van der Waals surface area contributed by atoms with E-state index in [4.69, 9.17) is 9.57 Å². The molecule has 0 saturated carbocycles. The molecule has 0 radical (unpaired) electrons. The first-order valence-electron chi connectivity index (χ1n) is 7.44. The lowest BCUT2D eigenvalue weighted by Crippen LogP contribution is -2.41. The van der Waals surface area contributed by atoms with Crippen LogP contribution in [0.4, 0.5) is 0 Å². The van der Waals surface area contributed by atoms with Gasteiger partial charge in [0.15, 0.2) is 0 Å². The third-order valence-corrected chi connectivity index (χ3v) is 4.08. The van der Waals surface area contributed by atoms with Gasteiger partial charge in [0.25, 0.3) is 11.8 Å². The third-order valence-electron chi connectivity index (χ3n) is 4.08. The van der Waals surface area contributed by atoms with Gasteiger partial charge >= 0.3 is 5.97 Å². The number of ether oxygens (including phenoxy) is 1. The fourth-order valence-corrected chi connectivity index (χ4v) is 2.92. The predicted molar refractivity (Wildman–Crippen MR) is 75.8 cm³/mol. The van der Waals surface area contributed by atoms with E-state index in [2.05, 4.69) is 0 Å². The van der Waals surface area contributed by atoms with Crippen molar-refractivity contribution in [1.29, 1.82) is 0 Å². The van der Waals surface area contributed by atoms with E-state index >= 15 is 0 Å². The van der Waals surface area contributed by atoms with Gasteiger partial charge in [-0.2, -0.15) is 0 Å². The van der Waals surface area contributed by atoms with Crippen molar-refractivity contribution in [3.8, 4) is 0 Å². The number of carbonyl (C=O) groups is 3. The number of benzene rings is 1. The second kappa shape index (κ2) is 5.88. The minimum Gasteiger partial charge on any atom is -0.377 e. The van der Waals surface area contributed by atoms with Gasteiger partial charge in [-0.25, -0.2) is 4.79 Å². The molecule has 0 spiro atoms. The van der Waals surface area contributed by atoms with Crippen LogP contribution in [0.3, 0.4) is 0 Å². The van der Waals surface area contributed by atoms with Crippen LogP contribution in [0.15, 0.2) is 24.3 Å². The minimum absolute atomic E-state index is 0.226. The van der Waals surface area contributed by atoms with Crippen molar-refractivity contribution >= 4 is 17.8 Å². The maximum Gasteiger partial charge on any atom is 0.338 e. The van der Waals surface area contributed by atoms with Gasteiger partial charge in [0.1, 0.15) is 0 Å². The van der Waals surface area contributed by atoms with E-state index in [1.54, 1.807) is 24.3 Å². The van der Waals surface area contributed by atoms with Gasteiger partial charge in [-0.3, -0.25) is 9.59 Å². The van der Waals surface area contributed by atoms with Crippen LogP contribution >= 0.6 is 0 Å². The first-order chi connectivity index (χ1) is 10.6. The molecule has 2 aliphatic heterocycles. The van der Waals surface area contributed by atoms with Crippen LogP contribution in [0.2, 0.25) is 0 Å². The third kappa shape index (κ3) is 2.39. The monoisotopic (exact) mass is 303 g/mol. The van der Waals surface area contributed by atoms with Crippen molar-refractivity contribution in [3.63, 3.8) is 0 Å². The summed E-state index contributed by atoms with van der Waals surface area (Å²) in [4.78, 5) is 41.8. The quantitative estimate of drug-likeness (QED) is 0.798. The van der Waals surface area contributed by atoms with Crippen LogP contribution in [0.5, 0.6) is 0 Å². The molecule has 2 unspecified atom stereocenters. The maximum atomic E-state index is 12.3. The molecule has 6 heteroatoms. The van der Waals surface area contributed by atoms with Crippen LogP contribution in [-0.2, 0) is 14.4 Å². The standard InChI is InChI=1S/C16H17NO5/c1-2-13-12(8-5-9-21-13)16(20)22-17-14(18)10-6-3-4-7-11(10)15(17)19/h3-4,6-7,12-13H,2,5,8-9H2,1H3. The Hall–Kier alpha value is -2.21. The highest BCUT2D eigenvalue weighted by molar-refractivity contribution is 6.20. The van der Waals surface area contributed by atoms with Gasteiger partial charge in [-0.05, 0) is 31.4 Å². The summed E-state index contributed by atoms with van der Waals surface area (Å²) in [5, 5.41) is 0.564. The Labute approximate surface area is 127 Å². The number of nitrogens with zero attached hydrogens (tertiary/aromatic N) is 1. The zero-order valence-corrected chi connectivity index (χ0v) is 12.3. The lowest BCUT2D eigenvalue weighted by Gasteiger charge is -2.29. The van der Waals surface area contributed by atoms with Crippen molar-refractivity contribution in [3.05, 3.63) is 35.4 Å². The summed E-state index contributed by atoms with van der Waals surface area (Å²) in [5.41, 5.74) is 0.513. The van der Waals surface area contributed by atoms with Gasteiger partial charge in [0.05, 0.1) is 23.1 Å². The summed E-state index contributed by atoms with van der Waals surface area (Å²) in [6.45, 7) is 2.55. The predicted octanol–water partition coefficient (Wildman–Crippen LogP) is 1.95. The number of carbonyl (C=O) groups excluding carboxylic acids is 3. The number of imide groups is 1. The molecule has 0 aliphatic carbocycles. The number of fused-ring (bicyclic) bond motifs is 1. The summed E-state index contributed by atoms with van der Waals surface area (Å²) in [5.74, 6) is -2.22. The Morgan fingerprint density at radius 3 is 2.50 bits per heavy atom. The second-order valence-corrected chi connectivity index (χ2v) is 5.43. The van der Waals surface area contributed by atoms with E-state index in [9.17, 15) is 14.4 Å². The molecular formula is C16H17NO5. The number of hydrogen-bond donors (Lipinski definition) is 0. The highest BCUT2D eigenvalue weighted by Gasteiger charge is 2.41. The number of hydrogen-bond acceptors (Lipinski definition) is 5. The summed E-state index contributed by atoms with van der Waals surface area (Å²) in [6, 6.07) is 6.42. The van der Waals surface area contributed by atoms with E-state index in [-0.39, 0.29) is 17.2 Å². The molecule has 3 rings (SSSR count). The first-order valence-corrected chi connectivity index (χ1v) is 7.44. The lowest BCUT2D eigenvalue weighted by atomic mass is 9.93. The normalized spacial score (nSPS) is 24.3. The highest BCUT2D eigenvalue weighted by Crippen LogP contribution is 2.27. The molecule has 2 atom stereocenters. The molecule has 1 saturated heterocycles. The molecule has 22 heavy (non-hydrogen) atoms. The summed E-state index contributed by atoms with van der Waals surface area (Å²) in [6.07, 6.45) is 1.86. The fourth-order valence-electron chi connectivity index (χ4n) is 2.92. The van der Waals surface area contributed by atoms with Crippen LogP contribution in [0, 0.1) is 5.92 Å².